The number of H-pyrrole nitrogens is 1. The number of aromatic nitrogens is 2. The van der Waals surface area contributed by atoms with Gasteiger partial charge in [-0.3, -0.25) is 9.78 Å². The number of pyridine rings is 1. The molecule has 2 heterocycles. The Labute approximate surface area is 182 Å². The van der Waals surface area contributed by atoms with E-state index in [0.29, 0.717) is 32.2 Å². The summed E-state index contributed by atoms with van der Waals surface area (Å²) in [4.78, 5) is 19.3. The molecule has 0 atom stereocenters. The van der Waals surface area contributed by atoms with Gasteiger partial charge >= 0.3 is 5.97 Å². The van der Waals surface area contributed by atoms with Crippen LogP contribution in [-0.4, -0.2) is 56.4 Å². The molecule has 2 N–H and O–H groups in total. The van der Waals surface area contributed by atoms with E-state index in [9.17, 15) is 13.2 Å². The summed E-state index contributed by atoms with van der Waals surface area (Å²) in [6.45, 7) is 0.309. The maximum atomic E-state index is 11.9. The van der Waals surface area contributed by atoms with Gasteiger partial charge in [0.1, 0.15) is 0 Å². The molecule has 3 aromatic rings. The number of nitrogens with zero attached hydrogens (tertiary/aromatic N) is 2. The highest BCUT2D eigenvalue weighted by Crippen LogP contribution is 2.27. The van der Waals surface area contributed by atoms with Crippen molar-refractivity contribution >= 4 is 27.1 Å². The van der Waals surface area contributed by atoms with Gasteiger partial charge in [0.2, 0.25) is 0 Å². The van der Waals surface area contributed by atoms with Crippen molar-refractivity contribution in [3.05, 3.63) is 65.1 Å². The van der Waals surface area contributed by atoms with Gasteiger partial charge in [0.05, 0.1) is 13.5 Å². The number of hydrogen-bond donors (Lipinski definition) is 2. The fraction of sp³-hybridized carbons (Fsp3) is 0.364. The van der Waals surface area contributed by atoms with Gasteiger partial charge < -0.3 is 9.72 Å². The molecule has 0 saturated heterocycles. The number of rotatable bonds is 10. The summed E-state index contributed by atoms with van der Waals surface area (Å²) in [6.07, 6.45) is 5.67. The van der Waals surface area contributed by atoms with E-state index < -0.39 is 10.2 Å². The van der Waals surface area contributed by atoms with Crippen LogP contribution in [0.2, 0.25) is 0 Å². The fourth-order valence-electron chi connectivity index (χ4n) is 3.41. The summed E-state index contributed by atoms with van der Waals surface area (Å²) in [7, 11) is 0.932. The molecule has 1 aromatic carbocycles. The lowest BCUT2D eigenvalue weighted by molar-refractivity contribution is -0.140. The van der Waals surface area contributed by atoms with Crippen molar-refractivity contribution < 1.29 is 17.9 Å². The molecule has 0 spiro atoms. The normalized spacial score (nSPS) is 11.9. The number of carbonyl (C=O) groups excluding carboxylic acids is 1. The summed E-state index contributed by atoms with van der Waals surface area (Å²) in [5.41, 5.74) is 5.19. The predicted octanol–water partition coefficient (Wildman–Crippen LogP) is 2.20. The monoisotopic (exact) mass is 444 g/mol. The summed E-state index contributed by atoms with van der Waals surface area (Å²) in [5, 5.41) is 1.07. The molecular weight excluding hydrogens is 416 g/mol. The SMILES string of the molecule is COC(=O)CCc1[nH]c2ccc(CCNS(=O)(=O)N(C)C)cc2c1Cc1cccnc1. The van der Waals surface area contributed by atoms with Crippen molar-refractivity contribution in [2.45, 2.75) is 25.7 Å². The van der Waals surface area contributed by atoms with Gasteiger partial charge in [0, 0.05) is 56.1 Å². The van der Waals surface area contributed by atoms with Gasteiger partial charge in [-0.2, -0.15) is 12.7 Å². The predicted molar refractivity (Wildman–Crippen MR) is 120 cm³/mol. The van der Waals surface area contributed by atoms with E-state index in [4.69, 9.17) is 4.74 Å². The van der Waals surface area contributed by atoms with Crippen molar-refractivity contribution in [2.75, 3.05) is 27.7 Å². The van der Waals surface area contributed by atoms with E-state index in [1.807, 2.05) is 30.5 Å². The van der Waals surface area contributed by atoms with Gasteiger partial charge in [0.25, 0.3) is 10.2 Å². The molecule has 9 heteroatoms. The first-order valence-corrected chi connectivity index (χ1v) is 11.5. The van der Waals surface area contributed by atoms with Crippen LogP contribution in [0.1, 0.15) is 28.8 Å². The Morgan fingerprint density at radius 1 is 1.19 bits per heavy atom. The lowest BCUT2D eigenvalue weighted by Gasteiger charge is -2.12. The first kappa shape index (κ1) is 22.9. The van der Waals surface area contributed by atoms with Gasteiger partial charge in [-0.15, -0.1) is 0 Å². The summed E-state index contributed by atoms with van der Waals surface area (Å²) < 4.78 is 32.4. The highest BCUT2D eigenvalue weighted by molar-refractivity contribution is 7.87. The maximum absolute atomic E-state index is 11.9. The Morgan fingerprint density at radius 3 is 2.68 bits per heavy atom. The van der Waals surface area contributed by atoms with Crippen molar-refractivity contribution in [2.24, 2.45) is 0 Å². The number of carbonyl (C=O) groups is 1. The van der Waals surface area contributed by atoms with Gasteiger partial charge in [-0.1, -0.05) is 12.1 Å². The van der Waals surface area contributed by atoms with E-state index >= 15 is 0 Å². The van der Waals surface area contributed by atoms with Crippen LogP contribution >= 0.6 is 0 Å². The molecule has 0 radical (unpaired) electrons. The summed E-state index contributed by atoms with van der Waals surface area (Å²) in [5.74, 6) is -0.250. The van der Waals surface area contributed by atoms with Crippen LogP contribution in [0, 0.1) is 0 Å². The van der Waals surface area contributed by atoms with Crippen LogP contribution in [0.25, 0.3) is 10.9 Å². The van der Waals surface area contributed by atoms with E-state index in [0.717, 1.165) is 37.6 Å². The number of ether oxygens (including phenoxy) is 1. The molecular formula is C22H28N4O4S. The Morgan fingerprint density at radius 2 is 2.00 bits per heavy atom. The lowest BCUT2D eigenvalue weighted by atomic mass is 9.99. The first-order chi connectivity index (χ1) is 14.8. The number of methoxy groups -OCH3 is 1. The van der Waals surface area contributed by atoms with Crippen LogP contribution in [0.3, 0.4) is 0 Å². The molecule has 0 bridgehead atoms. The summed E-state index contributed by atoms with van der Waals surface area (Å²) in [6, 6.07) is 10.00. The van der Waals surface area contributed by atoms with E-state index in [1.54, 1.807) is 6.20 Å². The molecule has 0 aliphatic rings. The molecule has 0 fully saturated rings. The Balaban J connectivity index is 1.87. The molecule has 0 aliphatic heterocycles. The average Bonchev–Trinajstić information content (AvgIpc) is 3.09. The van der Waals surface area contributed by atoms with E-state index in [1.165, 1.54) is 21.2 Å². The minimum atomic E-state index is -3.45. The number of aromatic amines is 1. The quantitative estimate of drug-likeness (QED) is 0.467. The third-order valence-electron chi connectivity index (χ3n) is 5.15. The first-order valence-electron chi connectivity index (χ1n) is 10.1. The van der Waals surface area contributed by atoms with Crippen molar-refractivity contribution in [3.63, 3.8) is 0 Å². The smallest absolute Gasteiger partial charge is 0.305 e. The molecule has 31 heavy (non-hydrogen) atoms. The van der Waals surface area contributed by atoms with Crippen LogP contribution in [0.4, 0.5) is 0 Å². The second kappa shape index (κ2) is 10.0. The molecule has 0 saturated carbocycles. The maximum Gasteiger partial charge on any atom is 0.305 e. The average molecular weight is 445 g/mol. The molecule has 0 aliphatic carbocycles. The third-order valence-corrected chi connectivity index (χ3v) is 6.68. The Kier molecular flexibility index (Phi) is 7.42. The Bertz CT molecular complexity index is 1140. The zero-order chi connectivity index (χ0) is 22.4. The third kappa shape index (κ3) is 5.90. The molecule has 0 amide bonds. The van der Waals surface area contributed by atoms with E-state index in [2.05, 4.69) is 20.8 Å². The molecule has 3 rings (SSSR count). The van der Waals surface area contributed by atoms with Crippen LogP contribution in [0.15, 0.2) is 42.7 Å². The van der Waals surface area contributed by atoms with Crippen molar-refractivity contribution in [1.82, 2.24) is 19.0 Å². The number of hydrogen-bond acceptors (Lipinski definition) is 5. The molecule has 2 aromatic heterocycles. The van der Waals surface area contributed by atoms with Crippen molar-refractivity contribution in [1.29, 1.82) is 0 Å². The zero-order valence-corrected chi connectivity index (χ0v) is 18.8. The van der Waals surface area contributed by atoms with Crippen LogP contribution in [-0.2, 0) is 39.0 Å². The lowest BCUT2D eigenvalue weighted by Crippen LogP contribution is -2.36. The van der Waals surface area contributed by atoms with E-state index in [-0.39, 0.29) is 5.97 Å². The topological polar surface area (TPSA) is 104 Å². The van der Waals surface area contributed by atoms with Gasteiger partial charge in [-0.05, 0) is 47.7 Å². The molecule has 8 nitrogen and oxygen atoms in total. The highest BCUT2D eigenvalue weighted by Gasteiger charge is 2.15. The number of fused-ring (bicyclic) bond motifs is 1. The van der Waals surface area contributed by atoms with Gasteiger partial charge in [-0.25, -0.2) is 4.72 Å². The number of benzene rings is 1. The number of nitrogens with one attached hydrogen (secondary N) is 2. The second-order valence-electron chi connectivity index (χ2n) is 7.51. The second-order valence-corrected chi connectivity index (χ2v) is 9.48. The molecule has 166 valence electrons. The minimum Gasteiger partial charge on any atom is -0.469 e. The van der Waals surface area contributed by atoms with Crippen LogP contribution in [0.5, 0.6) is 0 Å². The van der Waals surface area contributed by atoms with Gasteiger partial charge in [0.15, 0.2) is 0 Å². The standard InChI is InChI=1S/C22H28N4O4S/c1-26(2)31(28,29)24-12-10-16-6-7-20-18(13-16)19(14-17-5-4-11-23-15-17)21(25-20)8-9-22(27)30-3/h4-7,11,13,15,24-25H,8-10,12,14H2,1-3H3. The number of aryl methyl sites for hydroxylation is 1. The molecule has 0 unspecified atom stereocenters. The Hall–Kier alpha value is -2.75. The minimum absolute atomic E-state index is 0.250. The summed E-state index contributed by atoms with van der Waals surface area (Å²) >= 11 is 0. The highest BCUT2D eigenvalue weighted by atomic mass is 32.2. The largest absolute Gasteiger partial charge is 0.469 e. The zero-order valence-electron chi connectivity index (χ0n) is 18.0. The number of esters is 1. The van der Waals surface area contributed by atoms with Crippen molar-refractivity contribution in [3.8, 4) is 0 Å². The van der Waals surface area contributed by atoms with Crippen LogP contribution < -0.4 is 4.72 Å². The fourth-order valence-corrected chi connectivity index (χ4v) is 4.03.